The zero-order valence-electron chi connectivity index (χ0n) is 14.1. The zero-order valence-corrected chi connectivity index (χ0v) is 15.7. The summed E-state index contributed by atoms with van der Waals surface area (Å²) in [5, 5.41) is 7.57. The second-order valence-electron chi connectivity index (χ2n) is 5.64. The minimum atomic E-state index is -0.985. The summed E-state index contributed by atoms with van der Waals surface area (Å²) in [7, 11) is 0. The van der Waals surface area contributed by atoms with Crippen LogP contribution in [0.3, 0.4) is 0 Å². The lowest BCUT2D eigenvalue weighted by Gasteiger charge is -2.16. The number of nitrogens with one attached hydrogen (secondary N) is 3. The number of anilines is 1. The lowest BCUT2D eigenvalue weighted by Crippen LogP contribution is -2.43. The maximum atomic E-state index is 12.1. The fourth-order valence-electron chi connectivity index (χ4n) is 2.28. The molecular formula is C18H19BrN4O3. The van der Waals surface area contributed by atoms with E-state index in [1.54, 1.807) is 36.4 Å². The summed E-state index contributed by atoms with van der Waals surface area (Å²) in [5.74, 6) is -1.23. The van der Waals surface area contributed by atoms with Crippen molar-refractivity contribution in [2.24, 2.45) is 5.73 Å². The predicted molar refractivity (Wildman–Crippen MR) is 102 cm³/mol. The third kappa shape index (κ3) is 5.89. The van der Waals surface area contributed by atoms with Crippen molar-refractivity contribution in [3.8, 4) is 0 Å². The zero-order chi connectivity index (χ0) is 19.1. The monoisotopic (exact) mass is 418 g/mol. The van der Waals surface area contributed by atoms with Crippen LogP contribution < -0.4 is 21.7 Å². The van der Waals surface area contributed by atoms with Crippen molar-refractivity contribution < 1.29 is 14.4 Å². The van der Waals surface area contributed by atoms with E-state index in [0.717, 1.165) is 10.0 Å². The average Bonchev–Trinajstić information content (AvgIpc) is 2.57. The number of amides is 4. The fourth-order valence-corrected chi connectivity index (χ4v) is 2.69. The van der Waals surface area contributed by atoms with E-state index in [2.05, 4.69) is 31.9 Å². The van der Waals surface area contributed by atoms with Crippen molar-refractivity contribution in [3.63, 3.8) is 0 Å². The van der Waals surface area contributed by atoms with E-state index < -0.39 is 23.9 Å². The van der Waals surface area contributed by atoms with Crippen LogP contribution in [0.15, 0.2) is 53.0 Å². The normalized spacial score (nSPS) is 11.3. The van der Waals surface area contributed by atoms with Crippen molar-refractivity contribution in [3.05, 3.63) is 64.1 Å². The molecule has 1 unspecified atom stereocenters. The molecule has 2 rings (SSSR count). The van der Waals surface area contributed by atoms with E-state index in [4.69, 9.17) is 5.73 Å². The van der Waals surface area contributed by atoms with E-state index in [-0.39, 0.29) is 6.54 Å². The van der Waals surface area contributed by atoms with Crippen LogP contribution in [0.2, 0.25) is 0 Å². The van der Waals surface area contributed by atoms with Crippen LogP contribution in [0.5, 0.6) is 0 Å². The first-order chi connectivity index (χ1) is 12.3. The smallest absolute Gasteiger partial charge is 0.319 e. The van der Waals surface area contributed by atoms with Gasteiger partial charge in [0.25, 0.3) is 0 Å². The highest BCUT2D eigenvalue weighted by molar-refractivity contribution is 9.10. The number of aryl methyl sites for hydroxylation is 1. The largest absolute Gasteiger partial charge is 0.368 e. The van der Waals surface area contributed by atoms with E-state index >= 15 is 0 Å². The number of rotatable bonds is 6. The molecular weight excluding hydrogens is 400 g/mol. The van der Waals surface area contributed by atoms with Gasteiger partial charge in [0, 0.05) is 10.2 Å². The van der Waals surface area contributed by atoms with Crippen molar-refractivity contribution in [2.45, 2.75) is 13.0 Å². The van der Waals surface area contributed by atoms with Crippen molar-refractivity contribution in [1.82, 2.24) is 10.6 Å². The molecule has 0 aliphatic carbocycles. The van der Waals surface area contributed by atoms with Gasteiger partial charge in [-0.05, 0) is 42.3 Å². The Kier molecular flexibility index (Phi) is 6.74. The van der Waals surface area contributed by atoms with Crippen molar-refractivity contribution in [2.75, 3.05) is 11.9 Å². The highest BCUT2D eigenvalue weighted by Gasteiger charge is 2.20. The summed E-state index contributed by atoms with van der Waals surface area (Å²) in [4.78, 5) is 35.6. The van der Waals surface area contributed by atoms with Gasteiger partial charge in [-0.3, -0.25) is 9.59 Å². The van der Waals surface area contributed by atoms with Crippen LogP contribution >= 0.6 is 15.9 Å². The lowest BCUT2D eigenvalue weighted by molar-refractivity contribution is -0.126. The molecule has 0 saturated carbocycles. The number of hydrogen-bond donors (Lipinski definition) is 4. The Hall–Kier alpha value is -2.87. The summed E-state index contributed by atoms with van der Waals surface area (Å²) < 4.78 is 0.756. The van der Waals surface area contributed by atoms with E-state index in [9.17, 15) is 14.4 Å². The first-order valence-electron chi connectivity index (χ1n) is 7.81. The van der Waals surface area contributed by atoms with E-state index in [1.807, 2.05) is 19.1 Å². The molecule has 0 radical (unpaired) electrons. The molecule has 8 heteroatoms. The SMILES string of the molecule is Cc1cccc(NC(=O)NCC(=O)NC(C(N)=O)c2cccc(Br)c2)c1. The molecule has 0 fully saturated rings. The maximum absolute atomic E-state index is 12.1. The number of carbonyl (C=O) groups is 3. The molecule has 0 bridgehead atoms. The third-order valence-electron chi connectivity index (χ3n) is 3.46. The molecule has 4 amide bonds. The predicted octanol–water partition coefficient (Wildman–Crippen LogP) is 2.22. The second-order valence-corrected chi connectivity index (χ2v) is 6.55. The van der Waals surface area contributed by atoms with Crippen LogP contribution in [0.25, 0.3) is 0 Å². The number of nitrogens with two attached hydrogens (primary N) is 1. The first kappa shape index (κ1) is 19.5. The minimum Gasteiger partial charge on any atom is -0.368 e. The van der Waals surface area contributed by atoms with Crippen molar-refractivity contribution in [1.29, 1.82) is 0 Å². The van der Waals surface area contributed by atoms with Gasteiger partial charge in [0.2, 0.25) is 11.8 Å². The fraction of sp³-hybridized carbons (Fsp3) is 0.167. The summed E-state index contributed by atoms with van der Waals surface area (Å²) in [6, 6.07) is 12.6. The number of hydrogen-bond acceptors (Lipinski definition) is 3. The Morgan fingerprint density at radius 1 is 1.12 bits per heavy atom. The van der Waals surface area contributed by atoms with Gasteiger partial charge < -0.3 is 21.7 Å². The number of urea groups is 1. The van der Waals surface area contributed by atoms with Gasteiger partial charge in [-0.2, -0.15) is 0 Å². The molecule has 0 aliphatic rings. The van der Waals surface area contributed by atoms with Crippen LogP contribution in [0.1, 0.15) is 17.2 Å². The second kappa shape index (κ2) is 9.00. The molecule has 1 atom stereocenters. The number of carbonyl (C=O) groups excluding carboxylic acids is 3. The highest BCUT2D eigenvalue weighted by atomic mass is 79.9. The van der Waals surface area contributed by atoms with Gasteiger partial charge in [-0.15, -0.1) is 0 Å². The Morgan fingerprint density at radius 2 is 1.85 bits per heavy atom. The quantitative estimate of drug-likeness (QED) is 0.576. The van der Waals surface area contributed by atoms with Crippen LogP contribution in [-0.4, -0.2) is 24.4 Å². The molecule has 0 heterocycles. The van der Waals surface area contributed by atoms with Gasteiger partial charge >= 0.3 is 6.03 Å². The van der Waals surface area contributed by atoms with Gasteiger partial charge in [0.15, 0.2) is 0 Å². The minimum absolute atomic E-state index is 0.296. The van der Waals surface area contributed by atoms with Crippen molar-refractivity contribution >= 4 is 39.5 Å². The summed E-state index contributed by atoms with van der Waals surface area (Å²) >= 11 is 3.30. The van der Waals surface area contributed by atoms with E-state index in [0.29, 0.717) is 11.3 Å². The summed E-state index contributed by atoms with van der Waals surface area (Å²) in [5.41, 5.74) is 7.53. The first-order valence-corrected chi connectivity index (χ1v) is 8.60. The maximum Gasteiger partial charge on any atom is 0.319 e. The Labute approximate surface area is 159 Å². The molecule has 5 N–H and O–H groups in total. The third-order valence-corrected chi connectivity index (χ3v) is 3.95. The molecule has 26 heavy (non-hydrogen) atoms. The topological polar surface area (TPSA) is 113 Å². The molecule has 2 aromatic carbocycles. The summed E-state index contributed by atoms with van der Waals surface area (Å²) in [6.07, 6.45) is 0. The molecule has 0 saturated heterocycles. The lowest BCUT2D eigenvalue weighted by atomic mass is 10.1. The van der Waals surface area contributed by atoms with Gasteiger partial charge in [0.05, 0.1) is 6.54 Å². The van der Waals surface area contributed by atoms with Gasteiger partial charge in [0.1, 0.15) is 6.04 Å². The number of primary amides is 1. The highest BCUT2D eigenvalue weighted by Crippen LogP contribution is 2.18. The molecule has 0 aliphatic heterocycles. The Balaban J connectivity index is 1.90. The standard InChI is InChI=1S/C18H19BrN4O3/c1-11-4-2-7-14(8-11)22-18(26)21-10-15(24)23-16(17(20)25)12-5-3-6-13(19)9-12/h2-9,16H,10H2,1H3,(H2,20,25)(H,23,24)(H2,21,22,26). The van der Waals surface area contributed by atoms with Crippen LogP contribution in [0.4, 0.5) is 10.5 Å². The molecule has 0 aromatic heterocycles. The molecule has 7 nitrogen and oxygen atoms in total. The Bertz CT molecular complexity index is 826. The number of benzene rings is 2. The summed E-state index contributed by atoms with van der Waals surface area (Å²) in [6.45, 7) is 1.61. The van der Waals surface area contributed by atoms with E-state index in [1.165, 1.54) is 0 Å². The van der Waals surface area contributed by atoms with Crippen LogP contribution in [-0.2, 0) is 9.59 Å². The number of halogens is 1. The molecule has 2 aromatic rings. The van der Waals surface area contributed by atoms with Gasteiger partial charge in [-0.25, -0.2) is 4.79 Å². The molecule has 0 spiro atoms. The van der Waals surface area contributed by atoms with Gasteiger partial charge in [-0.1, -0.05) is 40.2 Å². The average molecular weight is 419 g/mol. The molecule has 136 valence electrons. The Morgan fingerprint density at radius 3 is 2.50 bits per heavy atom. The van der Waals surface area contributed by atoms with Crippen LogP contribution in [0, 0.1) is 6.92 Å².